The van der Waals surface area contributed by atoms with Crippen LogP contribution in [-0.2, 0) is 4.79 Å². The molecule has 1 atom stereocenters. The molecule has 2 heterocycles. The van der Waals surface area contributed by atoms with E-state index in [2.05, 4.69) is 57.7 Å². The third-order valence-corrected chi connectivity index (χ3v) is 5.84. The van der Waals surface area contributed by atoms with Gasteiger partial charge in [0.2, 0.25) is 5.91 Å². The molecule has 2 aromatic rings. The number of carbonyl (C=O) groups is 1. The first-order valence-electron chi connectivity index (χ1n) is 9.81. The van der Waals surface area contributed by atoms with Crippen LogP contribution in [0.1, 0.15) is 49.3 Å². The second-order valence-corrected chi connectivity index (χ2v) is 7.52. The highest BCUT2D eigenvalue weighted by molar-refractivity contribution is 5.79. The Morgan fingerprint density at radius 1 is 0.962 bits per heavy atom. The summed E-state index contributed by atoms with van der Waals surface area (Å²) in [7, 11) is 0. The predicted octanol–water partition coefficient (Wildman–Crippen LogP) is 3.55. The summed E-state index contributed by atoms with van der Waals surface area (Å²) in [4.78, 5) is 18.7. The van der Waals surface area contributed by atoms with Crippen molar-refractivity contribution >= 4 is 5.91 Å². The molecule has 1 saturated carbocycles. The van der Waals surface area contributed by atoms with Crippen molar-refractivity contribution in [3.63, 3.8) is 0 Å². The van der Waals surface area contributed by atoms with Crippen LogP contribution in [0.5, 0.6) is 0 Å². The van der Waals surface area contributed by atoms with Crippen LogP contribution in [0.25, 0.3) is 0 Å². The number of amides is 1. The molecule has 1 unspecified atom stereocenters. The molecular weight excluding hydrogens is 322 g/mol. The minimum atomic E-state index is 0.165. The average Bonchev–Trinajstić information content (AvgIpc) is 2.66. The summed E-state index contributed by atoms with van der Waals surface area (Å²) in [6.07, 6.45) is 9.16. The van der Waals surface area contributed by atoms with Crippen molar-refractivity contribution in [2.45, 2.75) is 44.2 Å². The normalized spacial score (nSPS) is 19.8. The third-order valence-electron chi connectivity index (χ3n) is 5.84. The van der Waals surface area contributed by atoms with Gasteiger partial charge in [0.1, 0.15) is 0 Å². The zero-order valence-corrected chi connectivity index (χ0v) is 15.2. The van der Waals surface area contributed by atoms with Crippen molar-refractivity contribution in [1.29, 1.82) is 0 Å². The summed E-state index contributed by atoms with van der Waals surface area (Å²) in [5, 5.41) is 3.84. The minimum Gasteiger partial charge on any atom is -0.342 e. The predicted molar refractivity (Wildman–Crippen MR) is 103 cm³/mol. The van der Waals surface area contributed by atoms with Gasteiger partial charge in [-0.3, -0.25) is 9.78 Å². The lowest BCUT2D eigenvalue weighted by molar-refractivity contribution is -0.139. The summed E-state index contributed by atoms with van der Waals surface area (Å²) in [5.74, 6) is 0.705. The van der Waals surface area contributed by atoms with Gasteiger partial charge in [-0.05, 0) is 48.9 Å². The molecule has 0 radical (unpaired) electrons. The molecule has 4 heteroatoms. The van der Waals surface area contributed by atoms with Gasteiger partial charge in [-0.15, -0.1) is 0 Å². The second kappa shape index (κ2) is 8.00. The van der Waals surface area contributed by atoms with E-state index in [9.17, 15) is 4.79 Å². The fourth-order valence-electron chi connectivity index (χ4n) is 4.00. The summed E-state index contributed by atoms with van der Waals surface area (Å²) in [5.41, 5.74) is 2.51. The first-order chi connectivity index (χ1) is 12.8. The van der Waals surface area contributed by atoms with Crippen molar-refractivity contribution in [3.05, 3.63) is 66.0 Å². The molecular formula is C22H27N3O. The van der Waals surface area contributed by atoms with Crippen LogP contribution in [-0.4, -0.2) is 34.9 Å². The van der Waals surface area contributed by atoms with Gasteiger partial charge >= 0.3 is 0 Å². The molecule has 4 nitrogen and oxygen atoms in total. The van der Waals surface area contributed by atoms with Gasteiger partial charge in [0, 0.05) is 37.4 Å². The maximum atomic E-state index is 12.5. The molecule has 1 aliphatic heterocycles. The van der Waals surface area contributed by atoms with Crippen molar-refractivity contribution in [3.8, 4) is 0 Å². The first kappa shape index (κ1) is 17.2. The van der Waals surface area contributed by atoms with E-state index in [1.807, 2.05) is 12.4 Å². The minimum absolute atomic E-state index is 0.165. The standard InChI is InChI=1S/C22H27N3O/c26-22(19-7-4-8-19)25-15-11-20(12-16-25)24-21(17-5-2-1-3-6-17)18-9-13-23-14-10-18/h1-3,5-6,9-10,13-14,19-21,24H,4,7-8,11-12,15-16H2. The fourth-order valence-corrected chi connectivity index (χ4v) is 4.00. The highest BCUT2D eigenvalue weighted by atomic mass is 16.2. The molecule has 1 aromatic heterocycles. The van der Waals surface area contributed by atoms with Gasteiger partial charge < -0.3 is 10.2 Å². The Bertz CT molecular complexity index is 667. The smallest absolute Gasteiger partial charge is 0.225 e. The lowest BCUT2D eigenvalue weighted by atomic mass is 9.84. The van der Waals surface area contributed by atoms with Gasteiger partial charge in [0.15, 0.2) is 0 Å². The van der Waals surface area contributed by atoms with Crippen molar-refractivity contribution in [1.82, 2.24) is 15.2 Å². The fraction of sp³-hybridized carbons (Fsp3) is 0.455. The van der Waals surface area contributed by atoms with E-state index >= 15 is 0 Å². The highest BCUT2D eigenvalue weighted by Crippen LogP contribution is 2.30. The highest BCUT2D eigenvalue weighted by Gasteiger charge is 2.32. The van der Waals surface area contributed by atoms with Gasteiger partial charge in [-0.1, -0.05) is 36.8 Å². The van der Waals surface area contributed by atoms with E-state index in [4.69, 9.17) is 0 Å². The quantitative estimate of drug-likeness (QED) is 0.898. The van der Waals surface area contributed by atoms with Crippen LogP contribution in [0.3, 0.4) is 0 Å². The summed E-state index contributed by atoms with van der Waals surface area (Å²) >= 11 is 0. The van der Waals surface area contributed by atoms with Gasteiger partial charge in [-0.25, -0.2) is 0 Å². The number of aromatic nitrogens is 1. The van der Waals surface area contributed by atoms with Crippen LogP contribution in [0.15, 0.2) is 54.9 Å². The maximum Gasteiger partial charge on any atom is 0.225 e. The number of carbonyl (C=O) groups excluding carboxylic acids is 1. The van der Waals surface area contributed by atoms with Crippen LogP contribution >= 0.6 is 0 Å². The SMILES string of the molecule is O=C(C1CCC1)N1CCC(NC(c2ccccc2)c2ccncc2)CC1. The van der Waals surface area contributed by atoms with Crippen LogP contribution in [0, 0.1) is 5.92 Å². The van der Waals surface area contributed by atoms with E-state index in [0.717, 1.165) is 38.8 Å². The number of hydrogen-bond acceptors (Lipinski definition) is 3. The molecule has 26 heavy (non-hydrogen) atoms. The van der Waals surface area contributed by atoms with Crippen molar-refractivity contribution in [2.24, 2.45) is 5.92 Å². The molecule has 1 aliphatic carbocycles. The molecule has 2 aliphatic rings. The molecule has 1 saturated heterocycles. The van der Waals surface area contributed by atoms with Crippen LogP contribution in [0.2, 0.25) is 0 Å². The maximum absolute atomic E-state index is 12.5. The number of piperidine rings is 1. The summed E-state index contributed by atoms with van der Waals surface area (Å²) in [6.45, 7) is 1.76. The zero-order valence-electron chi connectivity index (χ0n) is 15.2. The van der Waals surface area contributed by atoms with Gasteiger partial charge in [0.25, 0.3) is 0 Å². The van der Waals surface area contributed by atoms with E-state index in [1.165, 1.54) is 17.5 Å². The Labute approximate surface area is 155 Å². The molecule has 136 valence electrons. The zero-order chi connectivity index (χ0) is 17.8. The van der Waals surface area contributed by atoms with Gasteiger partial charge in [0.05, 0.1) is 6.04 Å². The topological polar surface area (TPSA) is 45.2 Å². The van der Waals surface area contributed by atoms with E-state index in [0.29, 0.717) is 17.9 Å². The molecule has 2 fully saturated rings. The van der Waals surface area contributed by atoms with E-state index in [-0.39, 0.29) is 6.04 Å². The van der Waals surface area contributed by atoms with Crippen molar-refractivity contribution < 1.29 is 4.79 Å². The molecule has 1 N–H and O–H groups in total. The molecule has 0 spiro atoms. The second-order valence-electron chi connectivity index (χ2n) is 7.52. The monoisotopic (exact) mass is 349 g/mol. The number of hydrogen-bond donors (Lipinski definition) is 1. The summed E-state index contributed by atoms with van der Waals surface area (Å²) < 4.78 is 0. The first-order valence-corrected chi connectivity index (χ1v) is 9.81. The van der Waals surface area contributed by atoms with Gasteiger partial charge in [-0.2, -0.15) is 0 Å². The Morgan fingerprint density at radius 2 is 1.62 bits per heavy atom. The number of nitrogens with zero attached hydrogens (tertiary/aromatic N) is 2. The lowest BCUT2D eigenvalue weighted by Crippen LogP contribution is -2.48. The van der Waals surface area contributed by atoms with E-state index < -0.39 is 0 Å². The van der Waals surface area contributed by atoms with E-state index in [1.54, 1.807) is 0 Å². The largest absolute Gasteiger partial charge is 0.342 e. The Morgan fingerprint density at radius 3 is 2.23 bits per heavy atom. The molecule has 1 amide bonds. The molecule has 4 rings (SSSR count). The number of benzene rings is 1. The number of rotatable bonds is 5. The molecule has 0 bridgehead atoms. The lowest BCUT2D eigenvalue weighted by Gasteiger charge is -2.38. The Hall–Kier alpha value is -2.20. The van der Waals surface area contributed by atoms with Crippen LogP contribution in [0.4, 0.5) is 0 Å². The Balaban J connectivity index is 1.41. The number of nitrogens with one attached hydrogen (secondary N) is 1. The number of likely N-dealkylation sites (tertiary alicyclic amines) is 1. The summed E-state index contributed by atoms with van der Waals surface area (Å²) in [6, 6.07) is 15.3. The van der Waals surface area contributed by atoms with Crippen molar-refractivity contribution in [2.75, 3.05) is 13.1 Å². The van der Waals surface area contributed by atoms with Crippen LogP contribution < -0.4 is 5.32 Å². The number of pyridine rings is 1. The third kappa shape index (κ3) is 3.80. The average molecular weight is 349 g/mol. The molecule has 1 aromatic carbocycles. The Kier molecular flexibility index (Phi) is 5.30.